The molecule has 2 aromatic rings. The van der Waals surface area contributed by atoms with Crippen LogP contribution in [0.1, 0.15) is 11.6 Å². The Labute approximate surface area is 147 Å². The van der Waals surface area contributed by atoms with Gasteiger partial charge in [0.1, 0.15) is 5.82 Å². The number of aromatic nitrogens is 3. The van der Waals surface area contributed by atoms with Gasteiger partial charge < -0.3 is 5.32 Å². The molecule has 9 heteroatoms. The van der Waals surface area contributed by atoms with E-state index in [1.54, 1.807) is 23.0 Å². The van der Waals surface area contributed by atoms with Crippen molar-refractivity contribution in [1.29, 1.82) is 0 Å². The molecule has 7 nitrogen and oxygen atoms in total. The maximum Gasteiger partial charge on any atom is 0.239 e. The fourth-order valence-corrected chi connectivity index (χ4v) is 4.14. The molecule has 1 amide bonds. The number of anilines is 1. The lowest BCUT2D eigenvalue weighted by molar-refractivity contribution is -0.117. The fourth-order valence-electron chi connectivity index (χ4n) is 2.66. The Hall–Kier alpha value is -1.77. The van der Waals surface area contributed by atoms with Crippen LogP contribution in [0.25, 0.3) is 0 Å². The highest BCUT2D eigenvalue weighted by Crippen LogP contribution is 2.24. The number of amides is 1. The number of hydrogen-bond acceptors (Lipinski definition) is 5. The van der Waals surface area contributed by atoms with Crippen LogP contribution in [0.2, 0.25) is 5.02 Å². The molecule has 3 rings (SSSR count). The first-order valence-corrected chi connectivity index (χ1v) is 9.37. The van der Waals surface area contributed by atoms with Crippen molar-refractivity contribution in [3.63, 3.8) is 0 Å². The van der Waals surface area contributed by atoms with E-state index < -0.39 is 10.8 Å². The monoisotopic (exact) mass is 367 g/mol. The number of nitrogens with zero attached hydrogens (tertiary/aromatic N) is 4. The van der Waals surface area contributed by atoms with Gasteiger partial charge in [0.2, 0.25) is 5.91 Å². The van der Waals surface area contributed by atoms with Gasteiger partial charge in [-0.05, 0) is 12.1 Å². The van der Waals surface area contributed by atoms with Crippen LogP contribution in [-0.4, -0.2) is 54.4 Å². The molecule has 0 unspecified atom stereocenters. The molecule has 1 aliphatic rings. The number of aryl methyl sites for hydroxylation is 1. The Kier molecular flexibility index (Phi) is 5.27. The van der Waals surface area contributed by atoms with E-state index >= 15 is 0 Å². The van der Waals surface area contributed by atoms with E-state index in [9.17, 15) is 9.00 Å². The second kappa shape index (κ2) is 7.42. The Balaban J connectivity index is 1.68. The van der Waals surface area contributed by atoms with Crippen molar-refractivity contribution in [1.82, 2.24) is 19.7 Å². The third-order valence-electron chi connectivity index (χ3n) is 3.84. The van der Waals surface area contributed by atoms with Crippen LogP contribution in [0.5, 0.6) is 0 Å². The average Bonchev–Trinajstić information content (AvgIpc) is 2.98. The van der Waals surface area contributed by atoms with E-state index in [0.29, 0.717) is 28.9 Å². The first-order chi connectivity index (χ1) is 11.5. The molecule has 1 aliphatic heterocycles. The summed E-state index contributed by atoms with van der Waals surface area (Å²) in [7, 11) is 0.965. The highest BCUT2D eigenvalue weighted by molar-refractivity contribution is 7.85. The summed E-state index contributed by atoms with van der Waals surface area (Å²) in [6.07, 6.45) is 5.15. The molecule has 0 aliphatic carbocycles. The van der Waals surface area contributed by atoms with Crippen molar-refractivity contribution in [2.75, 3.05) is 29.9 Å². The molecule has 3 heterocycles. The van der Waals surface area contributed by atoms with Gasteiger partial charge in [-0.1, -0.05) is 11.6 Å². The number of pyridine rings is 1. The van der Waals surface area contributed by atoms with Crippen molar-refractivity contribution >= 4 is 34.1 Å². The quantitative estimate of drug-likeness (QED) is 0.878. The standard InChI is InChI=1S/C15H18ClN5O2S/c1-20-8-11(6-18-20)13-10-24(23)5-4-21(13)9-15(22)19-14-3-2-12(16)7-17-14/h2-3,6-8,13H,4-5,9-10H2,1H3,(H,17,19,22)/t13-,24+/m1/s1. The van der Waals surface area contributed by atoms with Gasteiger partial charge in [-0.25, -0.2) is 4.98 Å². The number of carbonyl (C=O) groups excluding carboxylic acids is 1. The lowest BCUT2D eigenvalue weighted by atomic mass is 10.1. The Morgan fingerprint density at radius 2 is 2.29 bits per heavy atom. The number of hydrogen-bond donors (Lipinski definition) is 1. The van der Waals surface area contributed by atoms with Crippen LogP contribution in [0.3, 0.4) is 0 Å². The smallest absolute Gasteiger partial charge is 0.239 e. The summed E-state index contributed by atoms with van der Waals surface area (Å²) in [6.45, 7) is 0.814. The molecule has 0 bridgehead atoms. The van der Waals surface area contributed by atoms with Crippen LogP contribution in [0.4, 0.5) is 5.82 Å². The van der Waals surface area contributed by atoms with Gasteiger partial charge in [0, 0.05) is 59.9 Å². The topological polar surface area (TPSA) is 80.1 Å². The third kappa shape index (κ3) is 4.19. The number of nitrogens with one attached hydrogen (secondary N) is 1. The zero-order chi connectivity index (χ0) is 17.1. The first kappa shape index (κ1) is 17.1. The van der Waals surface area contributed by atoms with Crippen molar-refractivity contribution in [3.8, 4) is 0 Å². The zero-order valence-corrected chi connectivity index (χ0v) is 14.8. The summed E-state index contributed by atoms with van der Waals surface area (Å²) < 4.78 is 13.7. The van der Waals surface area contributed by atoms with Crippen molar-refractivity contribution in [3.05, 3.63) is 41.3 Å². The fraction of sp³-hybridized carbons (Fsp3) is 0.400. The maximum atomic E-state index is 12.3. The summed E-state index contributed by atoms with van der Waals surface area (Å²) in [5.41, 5.74) is 0.975. The van der Waals surface area contributed by atoms with Gasteiger partial charge in [0.25, 0.3) is 0 Å². The average molecular weight is 368 g/mol. The number of rotatable bonds is 4. The van der Waals surface area contributed by atoms with Crippen LogP contribution in [-0.2, 0) is 22.6 Å². The second-order valence-corrected chi connectivity index (χ2v) is 7.71. The minimum atomic E-state index is -0.875. The molecular formula is C15H18ClN5O2S. The van der Waals surface area contributed by atoms with Gasteiger partial charge in [0.05, 0.1) is 17.8 Å². The molecule has 1 fully saturated rings. The Morgan fingerprint density at radius 1 is 1.46 bits per heavy atom. The highest BCUT2D eigenvalue weighted by atomic mass is 35.5. The van der Waals surface area contributed by atoms with Crippen LogP contribution in [0.15, 0.2) is 30.7 Å². The van der Waals surface area contributed by atoms with Crippen molar-refractivity contribution in [2.45, 2.75) is 6.04 Å². The van der Waals surface area contributed by atoms with Crippen LogP contribution in [0, 0.1) is 0 Å². The summed E-state index contributed by atoms with van der Waals surface area (Å²) in [4.78, 5) is 18.4. The van der Waals surface area contributed by atoms with Gasteiger partial charge in [-0.2, -0.15) is 5.10 Å². The van der Waals surface area contributed by atoms with Crippen molar-refractivity contribution in [2.24, 2.45) is 7.05 Å². The van der Waals surface area contributed by atoms with Gasteiger partial charge >= 0.3 is 0 Å². The summed E-state index contributed by atoms with van der Waals surface area (Å²) >= 11 is 5.79. The van der Waals surface area contributed by atoms with E-state index in [2.05, 4.69) is 15.4 Å². The van der Waals surface area contributed by atoms with Crippen LogP contribution < -0.4 is 5.32 Å². The predicted molar refractivity (Wildman–Crippen MR) is 93.3 cm³/mol. The SMILES string of the molecule is Cn1cc([C@H]2C[S@@](=O)CCN2CC(=O)Nc2ccc(Cl)cn2)cn1. The molecule has 0 spiro atoms. The number of carbonyl (C=O) groups is 1. The Morgan fingerprint density at radius 3 is 2.96 bits per heavy atom. The summed E-state index contributed by atoms with van der Waals surface area (Å²) in [5, 5.41) is 7.45. The minimum absolute atomic E-state index is 0.0720. The first-order valence-electron chi connectivity index (χ1n) is 7.50. The molecular weight excluding hydrogens is 350 g/mol. The molecule has 1 N–H and O–H groups in total. The Bertz CT molecular complexity index is 749. The normalized spacial score (nSPS) is 21.6. The number of halogens is 1. The molecule has 0 aromatic carbocycles. The predicted octanol–water partition coefficient (Wildman–Crippen LogP) is 1.21. The minimum Gasteiger partial charge on any atom is -0.310 e. The van der Waals surface area contributed by atoms with Gasteiger partial charge in [0.15, 0.2) is 0 Å². The van der Waals surface area contributed by atoms with Gasteiger partial charge in [-0.15, -0.1) is 0 Å². The van der Waals surface area contributed by atoms with E-state index in [1.807, 2.05) is 18.1 Å². The lowest BCUT2D eigenvalue weighted by Crippen LogP contribution is -2.44. The highest BCUT2D eigenvalue weighted by Gasteiger charge is 2.30. The maximum absolute atomic E-state index is 12.3. The van der Waals surface area contributed by atoms with E-state index in [4.69, 9.17) is 11.6 Å². The van der Waals surface area contributed by atoms with Crippen LogP contribution >= 0.6 is 11.6 Å². The van der Waals surface area contributed by atoms with E-state index in [0.717, 1.165) is 5.56 Å². The lowest BCUT2D eigenvalue weighted by Gasteiger charge is -2.34. The molecule has 24 heavy (non-hydrogen) atoms. The van der Waals surface area contributed by atoms with Crippen molar-refractivity contribution < 1.29 is 9.00 Å². The molecule has 2 aromatic heterocycles. The summed E-state index contributed by atoms with van der Waals surface area (Å²) in [6, 6.07) is 3.26. The second-order valence-electron chi connectivity index (χ2n) is 5.65. The molecule has 128 valence electrons. The largest absolute Gasteiger partial charge is 0.310 e. The van der Waals surface area contributed by atoms with E-state index in [1.165, 1.54) is 6.20 Å². The van der Waals surface area contributed by atoms with Gasteiger partial charge in [-0.3, -0.25) is 18.6 Å². The molecule has 0 radical (unpaired) electrons. The molecule has 1 saturated heterocycles. The molecule has 0 saturated carbocycles. The van der Waals surface area contributed by atoms with E-state index in [-0.39, 0.29) is 18.5 Å². The zero-order valence-electron chi connectivity index (χ0n) is 13.2. The summed E-state index contributed by atoms with van der Waals surface area (Å²) in [5.74, 6) is 1.39. The third-order valence-corrected chi connectivity index (χ3v) is 5.39. The molecule has 2 atom stereocenters.